The number of hydrogen-bond donors (Lipinski definition) is 2. The van der Waals surface area contributed by atoms with Crippen molar-refractivity contribution in [3.8, 4) is 0 Å². The molecule has 1 aliphatic carbocycles. The predicted octanol–water partition coefficient (Wildman–Crippen LogP) is 2.83. The van der Waals surface area contributed by atoms with Gasteiger partial charge in [-0.1, -0.05) is 37.3 Å². The molecule has 0 radical (unpaired) electrons. The van der Waals surface area contributed by atoms with Crippen LogP contribution >= 0.6 is 0 Å². The number of likely N-dealkylation sites (tertiary alicyclic amines) is 1. The number of rotatable bonds is 6. The molecule has 2 unspecified atom stereocenters. The van der Waals surface area contributed by atoms with Gasteiger partial charge in [-0.2, -0.15) is 0 Å². The Bertz CT molecular complexity index is 520. The topological polar surface area (TPSA) is 39.7 Å². The molecule has 132 valence electrons. The molecule has 1 saturated carbocycles. The zero-order valence-corrected chi connectivity index (χ0v) is 15.2. The smallest absolute Gasteiger partial charge is 0.191 e. The molecule has 1 aromatic carbocycles. The van der Waals surface area contributed by atoms with Crippen LogP contribution in [0.25, 0.3) is 0 Å². The van der Waals surface area contributed by atoms with Crippen LogP contribution in [0.15, 0.2) is 35.3 Å². The van der Waals surface area contributed by atoms with E-state index in [9.17, 15) is 0 Å². The zero-order valence-electron chi connectivity index (χ0n) is 15.2. The third-order valence-corrected chi connectivity index (χ3v) is 5.37. The number of guanidine groups is 1. The first-order chi connectivity index (χ1) is 11.8. The summed E-state index contributed by atoms with van der Waals surface area (Å²) in [4.78, 5) is 6.99. The largest absolute Gasteiger partial charge is 0.356 e. The highest BCUT2D eigenvalue weighted by Gasteiger charge is 2.37. The van der Waals surface area contributed by atoms with E-state index in [1.54, 1.807) is 0 Å². The molecule has 0 amide bonds. The number of nitrogens with zero attached hydrogens (tertiary/aromatic N) is 2. The predicted molar refractivity (Wildman–Crippen MR) is 102 cm³/mol. The molecule has 4 heteroatoms. The van der Waals surface area contributed by atoms with Gasteiger partial charge in [0.2, 0.25) is 0 Å². The fourth-order valence-corrected chi connectivity index (χ4v) is 3.81. The minimum Gasteiger partial charge on any atom is -0.356 e. The van der Waals surface area contributed by atoms with Gasteiger partial charge in [0, 0.05) is 32.7 Å². The van der Waals surface area contributed by atoms with E-state index in [2.05, 4.69) is 57.8 Å². The number of piperidine rings is 1. The van der Waals surface area contributed by atoms with Gasteiger partial charge in [0.1, 0.15) is 0 Å². The quantitative estimate of drug-likeness (QED) is 0.623. The Morgan fingerprint density at radius 1 is 1.21 bits per heavy atom. The van der Waals surface area contributed by atoms with Gasteiger partial charge in [0.05, 0.1) is 0 Å². The third-order valence-electron chi connectivity index (χ3n) is 5.37. The summed E-state index contributed by atoms with van der Waals surface area (Å²) in [6, 6.07) is 11.4. The van der Waals surface area contributed by atoms with Crippen LogP contribution in [-0.2, 0) is 0 Å². The minimum absolute atomic E-state index is 0.563. The second-order valence-electron chi connectivity index (χ2n) is 7.23. The van der Waals surface area contributed by atoms with E-state index in [1.165, 1.54) is 50.9 Å². The van der Waals surface area contributed by atoms with Crippen molar-refractivity contribution >= 4 is 5.96 Å². The van der Waals surface area contributed by atoms with Gasteiger partial charge in [-0.25, -0.2) is 0 Å². The fourth-order valence-electron chi connectivity index (χ4n) is 3.81. The van der Waals surface area contributed by atoms with Crippen molar-refractivity contribution in [3.05, 3.63) is 35.9 Å². The van der Waals surface area contributed by atoms with Crippen LogP contribution in [-0.4, -0.2) is 50.1 Å². The van der Waals surface area contributed by atoms with Crippen molar-refractivity contribution in [1.82, 2.24) is 15.5 Å². The summed E-state index contributed by atoms with van der Waals surface area (Å²) in [6.45, 7) is 6.94. The Morgan fingerprint density at radius 3 is 2.62 bits per heavy atom. The van der Waals surface area contributed by atoms with Gasteiger partial charge >= 0.3 is 0 Å². The second kappa shape index (κ2) is 8.52. The zero-order chi connectivity index (χ0) is 16.8. The summed E-state index contributed by atoms with van der Waals surface area (Å²) >= 11 is 0. The summed E-state index contributed by atoms with van der Waals surface area (Å²) in [5.74, 6) is 2.45. The highest BCUT2D eigenvalue weighted by Crippen LogP contribution is 2.46. The molecule has 1 aliphatic heterocycles. The molecular formula is C20H32N4. The Hall–Kier alpha value is -1.55. The lowest BCUT2D eigenvalue weighted by atomic mass is 10.1. The van der Waals surface area contributed by atoms with Crippen LogP contribution in [0, 0.1) is 5.92 Å². The normalized spacial score (nSPS) is 25.5. The number of aliphatic imine (C=N–C) groups is 1. The Kier molecular flexibility index (Phi) is 6.13. The average molecular weight is 329 g/mol. The summed E-state index contributed by atoms with van der Waals surface area (Å²) in [5.41, 5.74) is 1.48. The summed E-state index contributed by atoms with van der Waals surface area (Å²) < 4.78 is 0. The molecule has 0 spiro atoms. The molecule has 3 rings (SSSR count). The van der Waals surface area contributed by atoms with Gasteiger partial charge in [-0.3, -0.25) is 4.99 Å². The summed E-state index contributed by atoms with van der Waals surface area (Å²) in [7, 11) is 1.88. The van der Waals surface area contributed by atoms with Crippen LogP contribution < -0.4 is 10.6 Å². The molecule has 1 saturated heterocycles. The van der Waals surface area contributed by atoms with E-state index in [1.807, 2.05) is 7.05 Å². The monoisotopic (exact) mass is 328 g/mol. The van der Waals surface area contributed by atoms with Crippen molar-refractivity contribution in [2.45, 2.75) is 44.6 Å². The standard InChI is InChI=1S/C20H32N4/c1-3-11-24-12-9-18(10-13-24)23-20(21-2)22-15-17-14-19(17)16-7-5-4-6-8-16/h4-8,17-19H,3,9-15H2,1-2H3,(H2,21,22,23). The maximum Gasteiger partial charge on any atom is 0.191 e. The Morgan fingerprint density at radius 2 is 1.96 bits per heavy atom. The lowest BCUT2D eigenvalue weighted by molar-refractivity contribution is 0.206. The average Bonchev–Trinajstić information content (AvgIpc) is 3.41. The lowest BCUT2D eigenvalue weighted by Crippen LogP contribution is -2.49. The maximum absolute atomic E-state index is 4.42. The van der Waals surface area contributed by atoms with Crippen molar-refractivity contribution in [1.29, 1.82) is 0 Å². The van der Waals surface area contributed by atoms with Gasteiger partial charge in [0.15, 0.2) is 5.96 Å². The van der Waals surface area contributed by atoms with Crippen LogP contribution in [0.5, 0.6) is 0 Å². The maximum atomic E-state index is 4.42. The number of hydrogen-bond acceptors (Lipinski definition) is 2. The first-order valence-electron chi connectivity index (χ1n) is 9.54. The number of nitrogens with one attached hydrogen (secondary N) is 2. The molecule has 4 nitrogen and oxygen atoms in total. The van der Waals surface area contributed by atoms with E-state index in [0.717, 1.165) is 24.3 Å². The van der Waals surface area contributed by atoms with Crippen molar-refractivity contribution < 1.29 is 0 Å². The molecular weight excluding hydrogens is 296 g/mol. The van der Waals surface area contributed by atoms with E-state index in [4.69, 9.17) is 0 Å². The molecule has 1 aromatic rings. The molecule has 24 heavy (non-hydrogen) atoms. The van der Waals surface area contributed by atoms with Crippen LogP contribution in [0.4, 0.5) is 0 Å². The first kappa shape index (κ1) is 17.3. The number of benzene rings is 1. The van der Waals surface area contributed by atoms with Gasteiger partial charge in [0.25, 0.3) is 0 Å². The summed E-state index contributed by atoms with van der Waals surface area (Å²) in [5, 5.41) is 7.16. The minimum atomic E-state index is 0.563. The van der Waals surface area contributed by atoms with Gasteiger partial charge in [-0.05, 0) is 49.6 Å². The Balaban J connectivity index is 1.38. The van der Waals surface area contributed by atoms with Crippen LogP contribution in [0.3, 0.4) is 0 Å². The van der Waals surface area contributed by atoms with E-state index < -0.39 is 0 Å². The molecule has 2 fully saturated rings. The van der Waals surface area contributed by atoms with Gasteiger partial charge < -0.3 is 15.5 Å². The Labute approximate surface area is 146 Å². The highest BCUT2D eigenvalue weighted by atomic mass is 15.2. The summed E-state index contributed by atoms with van der Waals surface area (Å²) in [6.07, 6.45) is 4.99. The van der Waals surface area contributed by atoms with Crippen molar-refractivity contribution in [2.24, 2.45) is 10.9 Å². The third kappa shape index (κ3) is 4.73. The molecule has 1 heterocycles. The lowest BCUT2D eigenvalue weighted by Gasteiger charge is -2.32. The molecule has 0 aromatic heterocycles. The highest BCUT2D eigenvalue weighted by molar-refractivity contribution is 5.80. The van der Waals surface area contributed by atoms with E-state index in [-0.39, 0.29) is 0 Å². The van der Waals surface area contributed by atoms with E-state index >= 15 is 0 Å². The molecule has 2 aliphatic rings. The van der Waals surface area contributed by atoms with Crippen LogP contribution in [0.2, 0.25) is 0 Å². The van der Waals surface area contributed by atoms with Crippen LogP contribution in [0.1, 0.15) is 44.1 Å². The van der Waals surface area contributed by atoms with E-state index in [0.29, 0.717) is 6.04 Å². The molecule has 2 N–H and O–H groups in total. The van der Waals surface area contributed by atoms with Crippen molar-refractivity contribution in [3.63, 3.8) is 0 Å². The first-order valence-corrected chi connectivity index (χ1v) is 9.54. The molecule has 0 bridgehead atoms. The van der Waals surface area contributed by atoms with Crippen molar-refractivity contribution in [2.75, 3.05) is 33.2 Å². The second-order valence-corrected chi connectivity index (χ2v) is 7.23. The SMILES string of the molecule is CCCN1CCC(NC(=NC)NCC2CC2c2ccccc2)CC1. The fraction of sp³-hybridized carbons (Fsp3) is 0.650. The van der Waals surface area contributed by atoms with Gasteiger partial charge in [-0.15, -0.1) is 0 Å². The molecule has 2 atom stereocenters.